The maximum absolute atomic E-state index is 12.3. The molecule has 2 fully saturated rings. The third kappa shape index (κ3) is 2.85. The van der Waals surface area contributed by atoms with Crippen molar-refractivity contribution in [2.45, 2.75) is 44.8 Å². The number of benzene rings is 1. The van der Waals surface area contributed by atoms with Crippen LogP contribution in [0.2, 0.25) is 0 Å². The second-order valence-corrected chi connectivity index (χ2v) is 7.03. The number of carbonyl (C=O) groups is 1. The highest BCUT2D eigenvalue weighted by Crippen LogP contribution is 2.51. The lowest BCUT2D eigenvalue weighted by atomic mass is 9.62. The number of carbonyl (C=O) groups excluding carboxylic acids is 1. The Morgan fingerprint density at radius 2 is 1.78 bits per heavy atom. The molecule has 1 heterocycles. The molecule has 2 atom stereocenters. The summed E-state index contributed by atoms with van der Waals surface area (Å²) in [4.78, 5) is 14.2. The molecule has 4 heteroatoms. The maximum atomic E-state index is 12.3. The van der Waals surface area contributed by atoms with E-state index in [2.05, 4.69) is 24.3 Å². The van der Waals surface area contributed by atoms with Crippen LogP contribution < -0.4 is 0 Å². The van der Waals surface area contributed by atoms with Gasteiger partial charge in [-0.25, -0.2) is 4.79 Å². The lowest BCUT2D eigenvalue weighted by molar-refractivity contribution is -0.165. The monoisotopic (exact) mass is 317 g/mol. The average Bonchev–Trinajstić information content (AvgIpc) is 2.53. The Kier molecular flexibility index (Phi) is 4.62. The van der Waals surface area contributed by atoms with E-state index in [0.717, 1.165) is 12.8 Å². The van der Waals surface area contributed by atoms with Crippen LogP contribution in [-0.2, 0) is 15.1 Å². The first kappa shape index (κ1) is 16.3. The number of amides is 1. The van der Waals surface area contributed by atoms with Gasteiger partial charge in [-0.3, -0.25) is 0 Å². The number of nitrogens with zero attached hydrogens (tertiary/aromatic N) is 1. The fourth-order valence-electron chi connectivity index (χ4n) is 4.48. The minimum absolute atomic E-state index is 0.0782. The molecule has 2 unspecified atom stereocenters. The number of likely N-dealkylation sites (tertiary alicyclic amines) is 1. The highest BCUT2D eigenvalue weighted by molar-refractivity contribution is 5.68. The Morgan fingerprint density at radius 1 is 1.17 bits per heavy atom. The van der Waals surface area contributed by atoms with Gasteiger partial charge in [-0.05, 0) is 32.3 Å². The molecule has 1 aromatic carbocycles. The molecule has 1 aromatic rings. The average molecular weight is 317 g/mol. The topological polar surface area (TPSA) is 38.8 Å². The molecule has 3 rings (SSSR count). The summed E-state index contributed by atoms with van der Waals surface area (Å²) in [6.45, 7) is 5.22. The molecule has 1 aliphatic carbocycles. The SMILES string of the molecule is COC1(c2ccccc2)C2CCCC1CN(C(=O)OC(C)C)C2. The molecule has 1 saturated carbocycles. The van der Waals surface area contributed by atoms with E-state index in [1.165, 1.54) is 12.0 Å². The summed E-state index contributed by atoms with van der Waals surface area (Å²) in [7, 11) is 1.82. The minimum atomic E-state index is -0.270. The van der Waals surface area contributed by atoms with E-state index < -0.39 is 0 Å². The molecule has 1 saturated heterocycles. The van der Waals surface area contributed by atoms with Gasteiger partial charge in [0.15, 0.2) is 0 Å². The summed E-state index contributed by atoms with van der Waals surface area (Å²) in [6.07, 6.45) is 3.12. The Bertz CT molecular complexity index is 529. The predicted octanol–water partition coefficient (Wildman–Crippen LogP) is 3.81. The van der Waals surface area contributed by atoms with Crippen molar-refractivity contribution in [2.24, 2.45) is 11.8 Å². The van der Waals surface area contributed by atoms with Crippen LogP contribution in [0.1, 0.15) is 38.7 Å². The first-order valence-corrected chi connectivity index (χ1v) is 8.64. The number of fused-ring (bicyclic) bond motifs is 2. The van der Waals surface area contributed by atoms with Crippen molar-refractivity contribution in [2.75, 3.05) is 20.2 Å². The van der Waals surface area contributed by atoms with Crippen LogP contribution in [0.3, 0.4) is 0 Å². The fourth-order valence-corrected chi connectivity index (χ4v) is 4.48. The smallest absolute Gasteiger partial charge is 0.410 e. The quantitative estimate of drug-likeness (QED) is 0.851. The summed E-state index contributed by atoms with van der Waals surface area (Å²) < 4.78 is 11.6. The Hall–Kier alpha value is -1.55. The molecule has 2 aliphatic rings. The highest BCUT2D eigenvalue weighted by atomic mass is 16.6. The Labute approximate surface area is 138 Å². The molecule has 0 spiro atoms. The molecule has 1 aliphatic heterocycles. The van der Waals surface area contributed by atoms with Crippen LogP contribution in [0.4, 0.5) is 4.79 Å². The first-order valence-electron chi connectivity index (χ1n) is 8.64. The van der Waals surface area contributed by atoms with Crippen LogP contribution in [0.25, 0.3) is 0 Å². The molecular weight excluding hydrogens is 290 g/mol. The van der Waals surface area contributed by atoms with E-state index in [9.17, 15) is 4.79 Å². The van der Waals surface area contributed by atoms with Gasteiger partial charge < -0.3 is 14.4 Å². The summed E-state index contributed by atoms with van der Waals surface area (Å²) in [6, 6.07) is 10.5. The highest BCUT2D eigenvalue weighted by Gasteiger charge is 2.54. The number of hydrogen-bond acceptors (Lipinski definition) is 3. The third-order valence-corrected chi connectivity index (χ3v) is 5.36. The van der Waals surface area contributed by atoms with Gasteiger partial charge in [-0.1, -0.05) is 36.8 Å². The van der Waals surface area contributed by atoms with Gasteiger partial charge in [0.2, 0.25) is 0 Å². The summed E-state index contributed by atoms with van der Waals surface area (Å²) in [5.41, 5.74) is 0.975. The predicted molar refractivity (Wildman–Crippen MR) is 89.2 cm³/mol. The fraction of sp³-hybridized carbons (Fsp3) is 0.632. The molecule has 23 heavy (non-hydrogen) atoms. The van der Waals surface area contributed by atoms with Gasteiger partial charge in [0, 0.05) is 32.0 Å². The zero-order valence-corrected chi connectivity index (χ0v) is 14.3. The number of methoxy groups -OCH3 is 1. The normalized spacial score (nSPS) is 30.3. The van der Waals surface area contributed by atoms with E-state index in [4.69, 9.17) is 9.47 Å². The van der Waals surface area contributed by atoms with Crippen molar-refractivity contribution < 1.29 is 14.3 Å². The molecule has 2 bridgehead atoms. The largest absolute Gasteiger partial charge is 0.447 e. The van der Waals surface area contributed by atoms with Crippen molar-refractivity contribution in [3.63, 3.8) is 0 Å². The van der Waals surface area contributed by atoms with Crippen molar-refractivity contribution in [1.82, 2.24) is 4.90 Å². The van der Waals surface area contributed by atoms with Gasteiger partial charge in [-0.2, -0.15) is 0 Å². The lowest BCUT2D eigenvalue weighted by Gasteiger charge is -2.55. The van der Waals surface area contributed by atoms with Crippen LogP contribution in [0.5, 0.6) is 0 Å². The molecule has 126 valence electrons. The van der Waals surface area contributed by atoms with Gasteiger partial charge in [0.1, 0.15) is 5.60 Å². The van der Waals surface area contributed by atoms with E-state index >= 15 is 0 Å². The Morgan fingerprint density at radius 3 is 2.30 bits per heavy atom. The van der Waals surface area contributed by atoms with Crippen molar-refractivity contribution in [3.8, 4) is 0 Å². The van der Waals surface area contributed by atoms with Gasteiger partial charge in [0.05, 0.1) is 6.10 Å². The van der Waals surface area contributed by atoms with E-state index in [0.29, 0.717) is 24.9 Å². The second-order valence-electron chi connectivity index (χ2n) is 7.03. The number of piperidine rings is 1. The third-order valence-electron chi connectivity index (χ3n) is 5.36. The second kappa shape index (κ2) is 6.52. The molecular formula is C19H27NO3. The molecule has 4 nitrogen and oxygen atoms in total. The van der Waals surface area contributed by atoms with Gasteiger partial charge >= 0.3 is 6.09 Å². The standard InChI is InChI=1S/C19H27NO3/c1-14(2)23-18(21)20-12-16-10-7-11-17(13-20)19(16,22-3)15-8-5-4-6-9-15/h4-6,8-9,14,16-17H,7,10-13H2,1-3H3. The molecule has 1 amide bonds. The lowest BCUT2D eigenvalue weighted by Crippen LogP contribution is -2.60. The summed E-state index contributed by atoms with van der Waals surface area (Å²) in [5, 5.41) is 0. The number of ether oxygens (including phenoxy) is 2. The van der Waals surface area contributed by atoms with E-state index in [1.807, 2.05) is 31.9 Å². The van der Waals surface area contributed by atoms with Crippen molar-refractivity contribution in [3.05, 3.63) is 35.9 Å². The zero-order valence-electron chi connectivity index (χ0n) is 14.3. The first-order chi connectivity index (χ1) is 11.1. The number of hydrogen-bond donors (Lipinski definition) is 0. The van der Waals surface area contributed by atoms with Crippen molar-refractivity contribution in [1.29, 1.82) is 0 Å². The van der Waals surface area contributed by atoms with Crippen LogP contribution in [0.15, 0.2) is 30.3 Å². The zero-order chi connectivity index (χ0) is 16.4. The van der Waals surface area contributed by atoms with E-state index in [1.54, 1.807) is 0 Å². The number of rotatable bonds is 3. The molecule has 0 N–H and O–H groups in total. The Balaban J connectivity index is 1.89. The van der Waals surface area contributed by atoms with Crippen LogP contribution >= 0.6 is 0 Å². The maximum Gasteiger partial charge on any atom is 0.410 e. The molecule has 0 aromatic heterocycles. The van der Waals surface area contributed by atoms with Crippen LogP contribution in [-0.4, -0.2) is 37.3 Å². The minimum Gasteiger partial charge on any atom is -0.447 e. The summed E-state index contributed by atoms with van der Waals surface area (Å²) in [5.74, 6) is 0.643. The van der Waals surface area contributed by atoms with Gasteiger partial charge in [-0.15, -0.1) is 0 Å². The molecule has 0 radical (unpaired) electrons. The summed E-state index contributed by atoms with van der Waals surface area (Å²) >= 11 is 0. The van der Waals surface area contributed by atoms with E-state index in [-0.39, 0.29) is 17.8 Å². The van der Waals surface area contributed by atoms with Crippen molar-refractivity contribution >= 4 is 6.09 Å². The van der Waals surface area contributed by atoms with Crippen LogP contribution in [0, 0.1) is 11.8 Å². The van der Waals surface area contributed by atoms with Gasteiger partial charge in [0.25, 0.3) is 0 Å².